The first-order valence-corrected chi connectivity index (χ1v) is 12.0. The molecule has 3 fully saturated rings. The number of piperidine rings is 1. The average molecular weight is 465 g/mol. The van der Waals surface area contributed by atoms with Crippen molar-refractivity contribution in [2.24, 2.45) is 11.8 Å². The van der Waals surface area contributed by atoms with E-state index >= 15 is 0 Å². The van der Waals surface area contributed by atoms with Gasteiger partial charge in [0.15, 0.2) is 0 Å². The van der Waals surface area contributed by atoms with Crippen molar-refractivity contribution in [3.63, 3.8) is 0 Å². The maximum atomic E-state index is 12.7. The topological polar surface area (TPSA) is 118 Å². The fourth-order valence-electron chi connectivity index (χ4n) is 5.18. The van der Waals surface area contributed by atoms with Crippen molar-refractivity contribution in [3.05, 3.63) is 65.7 Å². The van der Waals surface area contributed by atoms with Gasteiger partial charge in [-0.1, -0.05) is 42.5 Å². The molecule has 34 heavy (non-hydrogen) atoms. The average Bonchev–Trinajstić information content (AvgIpc) is 2.86. The summed E-state index contributed by atoms with van der Waals surface area (Å²) < 4.78 is 0. The van der Waals surface area contributed by atoms with Gasteiger partial charge in [0, 0.05) is 24.8 Å². The van der Waals surface area contributed by atoms with Crippen LogP contribution in [0.2, 0.25) is 0 Å². The summed E-state index contributed by atoms with van der Waals surface area (Å²) in [6.07, 6.45) is 1.11. The minimum atomic E-state index is -0.680. The van der Waals surface area contributed by atoms with Crippen LogP contribution in [0, 0.1) is 11.8 Å². The van der Waals surface area contributed by atoms with Crippen LogP contribution in [0.4, 0.5) is 5.69 Å². The highest BCUT2D eigenvalue weighted by atomic mass is 16.4. The van der Waals surface area contributed by atoms with Crippen molar-refractivity contribution in [1.82, 2.24) is 26.4 Å². The largest absolute Gasteiger partial charge is 0.481 e. The van der Waals surface area contributed by atoms with E-state index in [-0.39, 0.29) is 36.1 Å². The molecule has 9 nitrogen and oxygen atoms in total. The lowest BCUT2D eigenvalue weighted by Gasteiger charge is -2.46. The minimum Gasteiger partial charge on any atom is -0.481 e. The molecule has 3 aliphatic rings. The predicted octanol–water partition coefficient (Wildman–Crippen LogP) is 1.23. The molecule has 0 saturated carbocycles. The summed E-state index contributed by atoms with van der Waals surface area (Å²) in [5, 5.41) is 19.9. The van der Waals surface area contributed by atoms with Gasteiger partial charge in [0.05, 0.1) is 24.2 Å². The molecule has 1 amide bonds. The molecule has 0 radical (unpaired) electrons. The number of likely N-dealkylation sites (tertiary alicyclic amines) is 1. The standard InChI is InChI=1S/C25H32N6O3/c32-24-21-20(14-26-30-24)28-22(17-4-2-1-3-5-17)29-23(21)27-19-8-6-16(7-9-19)15-31-12-10-18(11-13-31)25(33)34/h1-9,18,20-23,26-29H,10-15H2,(H,30,32)(H,33,34). The fourth-order valence-corrected chi connectivity index (χ4v) is 5.18. The maximum Gasteiger partial charge on any atom is 0.306 e. The third kappa shape index (κ3) is 5.07. The van der Waals surface area contributed by atoms with Crippen molar-refractivity contribution in [1.29, 1.82) is 0 Å². The number of rotatable bonds is 6. The summed E-state index contributed by atoms with van der Waals surface area (Å²) in [7, 11) is 0. The van der Waals surface area contributed by atoms with Crippen LogP contribution in [-0.4, -0.2) is 53.7 Å². The van der Waals surface area contributed by atoms with E-state index in [1.165, 1.54) is 5.56 Å². The Morgan fingerprint density at radius 3 is 2.47 bits per heavy atom. The van der Waals surface area contributed by atoms with E-state index < -0.39 is 5.97 Å². The molecular weight excluding hydrogens is 432 g/mol. The summed E-state index contributed by atoms with van der Waals surface area (Å²) >= 11 is 0. The number of benzene rings is 2. The fraction of sp³-hybridized carbons (Fsp3) is 0.440. The number of hydrazine groups is 1. The molecule has 0 bridgehead atoms. The second-order valence-corrected chi connectivity index (χ2v) is 9.39. The lowest BCUT2D eigenvalue weighted by atomic mass is 9.89. The van der Waals surface area contributed by atoms with E-state index in [0.29, 0.717) is 19.4 Å². The van der Waals surface area contributed by atoms with Crippen LogP contribution in [0.15, 0.2) is 54.6 Å². The zero-order valence-electron chi connectivity index (χ0n) is 19.0. The van der Waals surface area contributed by atoms with Crippen molar-refractivity contribution < 1.29 is 14.7 Å². The number of anilines is 1. The molecule has 4 unspecified atom stereocenters. The van der Waals surface area contributed by atoms with Gasteiger partial charge in [-0.25, -0.2) is 5.43 Å². The highest BCUT2D eigenvalue weighted by molar-refractivity contribution is 5.81. The Balaban J connectivity index is 1.24. The molecule has 2 aromatic rings. The predicted molar refractivity (Wildman–Crippen MR) is 128 cm³/mol. The third-order valence-electron chi connectivity index (χ3n) is 7.11. The number of carbonyl (C=O) groups excluding carboxylic acids is 1. The normalized spacial score (nSPS) is 28.1. The van der Waals surface area contributed by atoms with Crippen LogP contribution >= 0.6 is 0 Å². The number of carboxylic acid groups (broad SMARTS) is 1. The first-order chi connectivity index (χ1) is 16.6. The Morgan fingerprint density at radius 1 is 1.03 bits per heavy atom. The molecular formula is C25H32N6O3. The molecule has 0 aromatic heterocycles. The SMILES string of the molecule is O=C(O)C1CCN(Cc2ccc(NC3NC(c4ccccc4)NC4CNNC(=O)C43)cc2)CC1. The Kier molecular flexibility index (Phi) is 6.77. The van der Waals surface area contributed by atoms with Crippen molar-refractivity contribution in [3.8, 4) is 0 Å². The van der Waals surface area contributed by atoms with E-state index in [2.05, 4.69) is 68.1 Å². The van der Waals surface area contributed by atoms with Gasteiger partial charge >= 0.3 is 5.97 Å². The number of hydrogen-bond acceptors (Lipinski definition) is 7. The second-order valence-electron chi connectivity index (χ2n) is 9.39. The first-order valence-electron chi connectivity index (χ1n) is 12.0. The molecule has 3 aliphatic heterocycles. The van der Waals surface area contributed by atoms with Crippen LogP contribution < -0.4 is 26.8 Å². The Labute approximate surface area is 199 Å². The highest BCUT2D eigenvalue weighted by Gasteiger charge is 2.43. The Bertz CT molecular complexity index is 993. The van der Waals surface area contributed by atoms with Gasteiger partial charge in [-0.15, -0.1) is 0 Å². The van der Waals surface area contributed by atoms with Gasteiger partial charge in [0.2, 0.25) is 5.91 Å². The monoisotopic (exact) mass is 464 g/mol. The van der Waals surface area contributed by atoms with Gasteiger partial charge < -0.3 is 10.4 Å². The highest BCUT2D eigenvalue weighted by Crippen LogP contribution is 2.26. The van der Waals surface area contributed by atoms with Crippen LogP contribution in [-0.2, 0) is 16.1 Å². The first kappa shape index (κ1) is 22.8. The maximum absolute atomic E-state index is 12.7. The van der Waals surface area contributed by atoms with E-state index in [1.807, 2.05) is 18.2 Å². The number of nitrogens with one attached hydrogen (secondary N) is 5. The lowest BCUT2D eigenvalue weighted by Crippen LogP contribution is -2.71. The van der Waals surface area contributed by atoms with Crippen LogP contribution in [0.3, 0.4) is 0 Å². The number of nitrogens with zero attached hydrogens (tertiary/aromatic N) is 1. The van der Waals surface area contributed by atoms with Crippen LogP contribution in [0.25, 0.3) is 0 Å². The Hall–Kier alpha value is -2.98. The number of carboxylic acids is 1. The molecule has 2 aromatic carbocycles. The van der Waals surface area contributed by atoms with Crippen molar-refractivity contribution >= 4 is 17.6 Å². The van der Waals surface area contributed by atoms with Crippen LogP contribution in [0.5, 0.6) is 0 Å². The summed E-state index contributed by atoms with van der Waals surface area (Å²) in [4.78, 5) is 26.2. The number of carbonyl (C=O) groups is 2. The quantitative estimate of drug-likeness (QED) is 0.378. The number of amides is 1. The van der Waals surface area contributed by atoms with Crippen LogP contribution in [0.1, 0.15) is 30.1 Å². The number of fused-ring (bicyclic) bond motifs is 1. The minimum absolute atomic E-state index is 0.00860. The van der Waals surface area contributed by atoms with E-state index in [4.69, 9.17) is 0 Å². The Morgan fingerprint density at radius 2 is 1.76 bits per heavy atom. The summed E-state index contributed by atoms with van der Waals surface area (Å²) in [6.45, 7) is 3.08. The second kappa shape index (κ2) is 10.1. The molecule has 3 saturated heterocycles. The summed E-state index contributed by atoms with van der Waals surface area (Å²) in [5.41, 5.74) is 9.02. The zero-order chi connectivity index (χ0) is 23.5. The smallest absolute Gasteiger partial charge is 0.306 e. The number of aliphatic carboxylic acids is 1. The molecule has 9 heteroatoms. The van der Waals surface area contributed by atoms with Crippen molar-refractivity contribution in [2.45, 2.75) is 37.8 Å². The molecule has 4 atom stereocenters. The number of hydrogen-bond donors (Lipinski definition) is 6. The van der Waals surface area contributed by atoms with E-state index in [9.17, 15) is 14.7 Å². The zero-order valence-corrected chi connectivity index (χ0v) is 19.0. The summed E-state index contributed by atoms with van der Waals surface area (Å²) in [5.74, 6) is -1.20. The van der Waals surface area contributed by atoms with E-state index in [0.717, 1.165) is 30.9 Å². The van der Waals surface area contributed by atoms with E-state index in [1.54, 1.807) is 0 Å². The third-order valence-corrected chi connectivity index (χ3v) is 7.11. The lowest BCUT2D eigenvalue weighted by molar-refractivity contribution is -0.143. The van der Waals surface area contributed by atoms with Gasteiger partial charge in [-0.3, -0.25) is 30.5 Å². The molecule has 5 rings (SSSR count). The molecule has 0 aliphatic carbocycles. The molecule has 180 valence electrons. The summed E-state index contributed by atoms with van der Waals surface area (Å²) in [6, 6.07) is 18.5. The molecule has 6 N–H and O–H groups in total. The van der Waals surface area contributed by atoms with Gasteiger partial charge in [0.25, 0.3) is 0 Å². The molecule has 0 spiro atoms. The van der Waals surface area contributed by atoms with Crippen molar-refractivity contribution in [2.75, 3.05) is 25.0 Å². The van der Waals surface area contributed by atoms with Gasteiger partial charge in [-0.2, -0.15) is 0 Å². The van der Waals surface area contributed by atoms with Gasteiger partial charge in [-0.05, 0) is 49.2 Å². The van der Waals surface area contributed by atoms with Gasteiger partial charge in [0.1, 0.15) is 0 Å². The molecule has 3 heterocycles.